The molecular formula is C12H20N2O4S. The molecule has 0 saturated carbocycles. The van der Waals surface area contributed by atoms with E-state index in [0.29, 0.717) is 25.9 Å². The van der Waals surface area contributed by atoms with Crippen molar-refractivity contribution < 1.29 is 19.5 Å². The lowest BCUT2D eigenvalue weighted by Crippen LogP contribution is -2.43. The highest BCUT2D eigenvalue weighted by Gasteiger charge is 2.27. The number of aliphatic carboxylic acids is 1. The second-order valence-electron chi connectivity index (χ2n) is 4.77. The number of nitrogens with zero attached hydrogens (tertiary/aromatic N) is 2. The number of thioether (sulfide) groups is 1. The normalized spacial score (nSPS) is 16.2. The lowest BCUT2D eigenvalue weighted by molar-refractivity contribution is -0.138. The molecule has 0 aromatic heterocycles. The predicted molar refractivity (Wildman–Crippen MR) is 73.0 cm³/mol. The fourth-order valence-corrected chi connectivity index (χ4v) is 2.69. The zero-order valence-electron chi connectivity index (χ0n) is 11.3. The Morgan fingerprint density at radius 2 is 1.79 bits per heavy atom. The van der Waals surface area contributed by atoms with Gasteiger partial charge >= 0.3 is 5.97 Å². The van der Waals surface area contributed by atoms with Crippen LogP contribution in [-0.4, -0.2) is 71.4 Å². The molecule has 0 aliphatic carbocycles. The second-order valence-corrected chi connectivity index (χ2v) is 5.76. The summed E-state index contributed by atoms with van der Waals surface area (Å²) in [6.45, 7) is 1.16. The van der Waals surface area contributed by atoms with Crippen LogP contribution in [0.25, 0.3) is 0 Å². The predicted octanol–water partition coefficient (Wildman–Crippen LogP) is 0.131. The summed E-state index contributed by atoms with van der Waals surface area (Å²) in [6, 6.07) is 0. The van der Waals surface area contributed by atoms with Gasteiger partial charge in [0.05, 0.1) is 11.5 Å². The molecule has 1 N–H and O–H groups in total. The highest BCUT2D eigenvalue weighted by atomic mass is 32.2. The third-order valence-corrected chi connectivity index (χ3v) is 3.99. The minimum atomic E-state index is -0.909. The smallest absolute Gasteiger partial charge is 0.313 e. The van der Waals surface area contributed by atoms with Gasteiger partial charge in [-0.3, -0.25) is 14.4 Å². The highest BCUT2D eigenvalue weighted by Crippen LogP contribution is 2.19. The Morgan fingerprint density at radius 3 is 2.26 bits per heavy atom. The SMILES string of the molecule is CN(C)C(=O)C1CCN(C(=O)CSCC(=O)O)CC1. The zero-order chi connectivity index (χ0) is 14.4. The first-order valence-corrected chi connectivity index (χ1v) is 7.35. The summed E-state index contributed by atoms with van der Waals surface area (Å²) in [7, 11) is 3.48. The van der Waals surface area contributed by atoms with Crippen molar-refractivity contribution in [3.05, 3.63) is 0 Å². The van der Waals surface area contributed by atoms with E-state index >= 15 is 0 Å². The molecule has 1 heterocycles. The summed E-state index contributed by atoms with van der Waals surface area (Å²) in [5, 5.41) is 8.50. The van der Waals surface area contributed by atoms with Crippen LogP contribution < -0.4 is 0 Å². The van der Waals surface area contributed by atoms with Crippen LogP contribution in [0.5, 0.6) is 0 Å². The molecule has 0 atom stereocenters. The van der Waals surface area contributed by atoms with E-state index in [1.165, 1.54) is 0 Å². The standard InChI is InChI=1S/C12H20N2O4S/c1-13(2)12(18)9-3-5-14(6-4-9)10(15)7-19-8-11(16)17/h9H,3-8H2,1-2H3,(H,16,17). The Bertz CT molecular complexity index is 352. The van der Waals surface area contributed by atoms with Gasteiger partial charge in [0.2, 0.25) is 11.8 Å². The molecule has 0 spiro atoms. The molecular weight excluding hydrogens is 268 g/mol. The molecule has 0 bridgehead atoms. The van der Waals surface area contributed by atoms with Gasteiger partial charge in [0.25, 0.3) is 0 Å². The van der Waals surface area contributed by atoms with Crippen molar-refractivity contribution >= 4 is 29.5 Å². The summed E-state index contributed by atoms with van der Waals surface area (Å²) in [5.41, 5.74) is 0. The number of likely N-dealkylation sites (tertiary alicyclic amines) is 1. The molecule has 108 valence electrons. The van der Waals surface area contributed by atoms with Crippen molar-refractivity contribution in [3.63, 3.8) is 0 Å². The van der Waals surface area contributed by atoms with Crippen LogP contribution in [0.2, 0.25) is 0 Å². The molecule has 7 heteroatoms. The number of carboxylic acids is 1. The van der Waals surface area contributed by atoms with Crippen LogP contribution in [0, 0.1) is 5.92 Å². The van der Waals surface area contributed by atoms with Crippen LogP contribution in [0.1, 0.15) is 12.8 Å². The third-order valence-electron chi connectivity index (χ3n) is 3.09. The molecule has 1 rings (SSSR count). The van der Waals surface area contributed by atoms with Gasteiger partial charge in [-0.15, -0.1) is 11.8 Å². The molecule has 1 saturated heterocycles. The van der Waals surface area contributed by atoms with E-state index in [1.54, 1.807) is 23.9 Å². The van der Waals surface area contributed by atoms with Crippen LogP contribution in [0.15, 0.2) is 0 Å². The number of carbonyl (C=O) groups excluding carboxylic acids is 2. The Hall–Kier alpha value is -1.24. The maximum Gasteiger partial charge on any atom is 0.313 e. The molecule has 2 amide bonds. The first-order chi connectivity index (χ1) is 8.91. The maximum atomic E-state index is 11.8. The minimum absolute atomic E-state index is 0.00530. The third kappa shape index (κ3) is 5.10. The Morgan fingerprint density at radius 1 is 1.21 bits per heavy atom. The quantitative estimate of drug-likeness (QED) is 0.778. The first kappa shape index (κ1) is 15.8. The molecule has 19 heavy (non-hydrogen) atoms. The molecule has 6 nitrogen and oxygen atoms in total. The number of carboxylic acid groups (broad SMARTS) is 1. The fourth-order valence-electron chi connectivity index (χ4n) is 2.06. The Kier molecular flexibility index (Phi) is 6.14. The van der Waals surface area contributed by atoms with Gasteiger partial charge in [-0.25, -0.2) is 0 Å². The Labute approximate surface area is 117 Å². The molecule has 1 aliphatic rings. The largest absolute Gasteiger partial charge is 0.481 e. The summed E-state index contributed by atoms with van der Waals surface area (Å²) in [4.78, 5) is 37.2. The summed E-state index contributed by atoms with van der Waals surface area (Å²) in [6.07, 6.45) is 1.37. The molecule has 0 aromatic rings. The van der Waals surface area contributed by atoms with Crippen LogP contribution in [0.4, 0.5) is 0 Å². The van der Waals surface area contributed by atoms with E-state index < -0.39 is 5.97 Å². The van der Waals surface area contributed by atoms with Crippen molar-refractivity contribution in [3.8, 4) is 0 Å². The summed E-state index contributed by atoms with van der Waals surface area (Å²) in [5.74, 6) is -0.687. The van der Waals surface area contributed by atoms with E-state index in [2.05, 4.69) is 0 Å². The fraction of sp³-hybridized carbons (Fsp3) is 0.750. The van der Waals surface area contributed by atoms with E-state index in [0.717, 1.165) is 11.8 Å². The monoisotopic (exact) mass is 288 g/mol. The minimum Gasteiger partial charge on any atom is -0.481 e. The van der Waals surface area contributed by atoms with Crippen molar-refractivity contribution in [2.75, 3.05) is 38.7 Å². The van der Waals surface area contributed by atoms with Gasteiger partial charge in [-0.2, -0.15) is 0 Å². The van der Waals surface area contributed by atoms with E-state index in [-0.39, 0.29) is 29.2 Å². The number of hydrogen-bond acceptors (Lipinski definition) is 4. The van der Waals surface area contributed by atoms with Gasteiger partial charge < -0.3 is 14.9 Å². The van der Waals surface area contributed by atoms with Crippen molar-refractivity contribution in [1.82, 2.24) is 9.80 Å². The number of rotatable bonds is 5. The van der Waals surface area contributed by atoms with E-state index in [9.17, 15) is 14.4 Å². The molecule has 1 fully saturated rings. The lowest BCUT2D eigenvalue weighted by Gasteiger charge is -2.32. The first-order valence-electron chi connectivity index (χ1n) is 6.20. The number of amides is 2. The highest BCUT2D eigenvalue weighted by molar-refractivity contribution is 8.00. The van der Waals surface area contributed by atoms with Crippen LogP contribution >= 0.6 is 11.8 Å². The lowest BCUT2D eigenvalue weighted by atomic mass is 9.95. The van der Waals surface area contributed by atoms with Crippen molar-refractivity contribution in [2.24, 2.45) is 5.92 Å². The second kappa shape index (κ2) is 7.37. The summed E-state index contributed by atoms with van der Waals surface area (Å²) < 4.78 is 0. The maximum absolute atomic E-state index is 11.8. The number of piperidine rings is 1. The summed E-state index contributed by atoms with van der Waals surface area (Å²) >= 11 is 1.11. The van der Waals surface area contributed by atoms with Gasteiger partial charge in [-0.05, 0) is 12.8 Å². The van der Waals surface area contributed by atoms with Crippen molar-refractivity contribution in [1.29, 1.82) is 0 Å². The van der Waals surface area contributed by atoms with E-state index in [1.807, 2.05) is 0 Å². The van der Waals surface area contributed by atoms with Gasteiger partial charge in [0.1, 0.15) is 0 Å². The molecule has 0 radical (unpaired) electrons. The van der Waals surface area contributed by atoms with Gasteiger partial charge in [-0.1, -0.05) is 0 Å². The van der Waals surface area contributed by atoms with Crippen LogP contribution in [-0.2, 0) is 14.4 Å². The molecule has 1 aliphatic heterocycles. The average Bonchev–Trinajstić information content (AvgIpc) is 2.37. The number of carbonyl (C=O) groups is 3. The van der Waals surface area contributed by atoms with Gasteiger partial charge in [0.15, 0.2) is 0 Å². The molecule has 0 unspecified atom stereocenters. The Balaban J connectivity index is 2.31. The van der Waals surface area contributed by atoms with E-state index in [4.69, 9.17) is 5.11 Å². The molecule has 0 aromatic carbocycles. The van der Waals surface area contributed by atoms with Gasteiger partial charge in [0, 0.05) is 33.1 Å². The topological polar surface area (TPSA) is 77.9 Å². The van der Waals surface area contributed by atoms with Crippen molar-refractivity contribution in [2.45, 2.75) is 12.8 Å². The number of hydrogen-bond donors (Lipinski definition) is 1. The average molecular weight is 288 g/mol. The zero-order valence-corrected chi connectivity index (χ0v) is 12.1. The van der Waals surface area contributed by atoms with Crippen LogP contribution in [0.3, 0.4) is 0 Å².